The topological polar surface area (TPSA) is 46.1 Å². The SMILES string of the molecule is CC1N=C2C(F)=CC(B3OC(C)(C)C(C)(C)O3)=CN2N1. The van der Waals surface area contributed by atoms with Crippen LogP contribution >= 0.6 is 0 Å². The van der Waals surface area contributed by atoms with Crippen LogP contribution in [0.3, 0.4) is 0 Å². The Kier molecular flexibility index (Phi) is 2.87. The molecule has 3 rings (SSSR count). The van der Waals surface area contributed by atoms with Crippen LogP contribution in [0.15, 0.2) is 28.6 Å². The largest absolute Gasteiger partial charge is 0.496 e. The van der Waals surface area contributed by atoms with Gasteiger partial charge < -0.3 is 9.31 Å². The lowest BCUT2D eigenvalue weighted by molar-refractivity contribution is 0.00578. The summed E-state index contributed by atoms with van der Waals surface area (Å²) in [5.74, 6) is -0.0770. The van der Waals surface area contributed by atoms with Gasteiger partial charge in [0.15, 0.2) is 11.7 Å². The lowest BCUT2D eigenvalue weighted by atomic mass is 9.77. The van der Waals surface area contributed by atoms with Crippen molar-refractivity contribution >= 4 is 13.0 Å². The number of nitrogens with one attached hydrogen (secondary N) is 1. The summed E-state index contributed by atoms with van der Waals surface area (Å²) >= 11 is 0. The van der Waals surface area contributed by atoms with E-state index >= 15 is 0 Å². The first-order valence-electron chi connectivity index (χ1n) is 6.78. The van der Waals surface area contributed by atoms with E-state index in [-0.39, 0.29) is 12.0 Å². The molecule has 1 unspecified atom stereocenters. The molecule has 0 amide bonds. The summed E-state index contributed by atoms with van der Waals surface area (Å²) < 4.78 is 26.0. The molecule has 5 nitrogen and oxygen atoms in total. The van der Waals surface area contributed by atoms with Gasteiger partial charge in [-0.3, -0.25) is 5.01 Å². The van der Waals surface area contributed by atoms with E-state index in [4.69, 9.17) is 9.31 Å². The number of allylic oxidation sites excluding steroid dienone is 2. The molecule has 0 aliphatic carbocycles. The van der Waals surface area contributed by atoms with E-state index in [1.54, 1.807) is 11.2 Å². The summed E-state index contributed by atoms with van der Waals surface area (Å²) in [5, 5.41) is 1.58. The lowest BCUT2D eigenvalue weighted by Crippen LogP contribution is -2.41. The Labute approximate surface area is 118 Å². The maximum atomic E-state index is 14.1. The second kappa shape index (κ2) is 4.16. The lowest BCUT2D eigenvalue weighted by Gasteiger charge is -2.32. The van der Waals surface area contributed by atoms with Gasteiger partial charge in [0, 0.05) is 11.7 Å². The van der Waals surface area contributed by atoms with Crippen LogP contribution in [0.2, 0.25) is 0 Å². The number of halogens is 1. The Balaban J connectivity index is 1.87. The number of amidine groups is 1. The minimum Gasteiger partial charge on any atom is -0.399 e. The zero-order chi connectivity index (χ0) is 14.7. The zero-order valence-electron chi connectivity index (χ0n) is 12.4. The highest BCUT2D eigenvalue weighted by Crippen LogP contribution is 2.39. The molecule has 0 saturated carbocycles. The van der Waals surface area contributed by atoms with Gasteiger partial charge in [0.1, 0.15) is 6.17 Å². The molecule has 20 heavy (non-hydrogen) atoms. The third-order valence-electron chi connectivity index (χ3n) is 4.18. The second-order valence-corrected chi connectivity index (χ2v) is 6.34. The molecule has 3 heterocycles. The summed E-state index contributed by atoms with van der Waals surface area (Å²) in [7, 11) is -0.579. The molecule has 1 atom stereocenters. The smallest absolute Gasteiger partial charge is 0.399 e. The average molecular weight is 279 g/mol. The summed E-state index contributed by atoms with van der Waals surface area (Å²) in [6.45, 7) is 9.75. The summed E-state index contributed by atoms with van der Waals surface area (Å²) in [5.41, 5.74) is 2.80. The van der Waals surface area contributed by atoms with Crippen LogP contribution in [0.1, 0.15) is 34.6 Å². The first kappa shape index (κ1) is 13.8. The van der Waals surface area contributed by atoms with Gasteiger partial charge in [-0.15, -0.1) is 0 Å². The predicted octanol–water partition coefficient (Wildman–Crippen LogP) is 1.93. The predicted molar refractivity (Wildman–Crippen MR) is 75.2 cm³/mol. The highest BCUT2D eigenvalue weighted by atomic mass is 19.1. The Morgan fingerprint density at radius 3 is 2.50 bits per heavy atom. The van der Waals surface area contributed by atoms with Crippen molar-refractivity contribution in [1.29, 1.82) is 0 Å². The molecule has 1 N–H and O–H groups in total. The molecule has 3 aliphatic rings. The maximum Gasteiger partial charge on any atom is 0.496 e. The van der Waals surface area contributed by atoms with Crippen LogP contribution < -0.4 is 5.43 Å². The third kappa shape index (κ3) is 2.01. The van der Waals surface area contributed by atoms with E-state index in [0.717, 1.165) is 0 Å². The zero-order valence-corrected chi connectivity index (χ0v) is 12.4. The van der Waals surface area contributed by atoms with E-state index in [0.29, 0.717) is 11.3 Å². The Bertz CT molecular complexity index is 526. The molecular formula is C13H19BFN3O2. The molecule has 1 saturated heterocycles. The molecule has 0 aromatic rings. The average Bonchev–Trinajstić information content (AvgIpc) is 2.77. The highest BCUT2D eigenvalue weighted by Gasteiger charge is 2.52. The maximum absolute atomic E-state index is 14.1. The molecule has 0 aromatic carbocycles. The molecular weight excluding hydrogens is 260 g/mol. The fraction of sp³-hybridized carbons (Fsp3) is 0.615. The number of hydrogen-bond donors (Lipinski definition) is 1. The van der Waals surface area contributed by atoms with Crippen LogP contribution in [0.25, 0.3) is 0 Å². The van der Waals surface area contributed by atoms with Gasteiger partial charge in [-0.1, -0.05) is 0 Å². The van der Waals surface area contributed by atoms with Crippen molar-refractivity contribution in [3.05, 3.63) is 23.6 Å². The van der Waals surface area contributed by atoms with Crippen molar-refractivity contribution < 1.29 is 13.7 Å². The Morgan fingerprint density at radius 1 is 1.30 bits per heavy atom. The fourth-order valence-corrected chi connectivity index (χ4v) is 2.32. The monoisotopic (exact) mass is 279 g/mol. The number of hydrogen-bond acceptors (Lipinski definition) is 5. The summed E-state index contributed by atoms with van der Waals surface area (Å²) in [6.07, 6.45) is 3.06. The first-order chi connectivity index (χ1) is 9.19. The van der Waals surface area contributed by atoms with Gasteiger partial charge in [0.2, 0.25) is 0 Å². The number of rotatable bonds is 1. The van der Waals surface area contributed by atoms with Crippen molar-refractivity contribution in [3.63, 3.8) is 0 Å². The molecule has 0 bridgehead atoms. The molecule has 7 heteroatoms. The van der Waals surface area contributed by atoms with E-state index in [1.165, 1.54) is 6.08 Å². The van der Waals surface area contributed by atoms with E-state index in [1.807, 2.05) is 34.6 Å². The van der Waals surface area contributed by atoms with Gasteiger partial charge in [0.25, 0.3) is 0 Å². The third-order valence-corrected chi connectivity index (χ3v) is 4.18. The number of aliphatic imine (C=N–C) groups is 1. The number of hydrazine groups is 1. The molecule has 3 aliphatic heterocycles. The van der Waals surface area contributed by atoms with Crippen LogP contribution in [0.5, 0.6) is 0 Å². The van der Waals surface area contributed by atoms with Gasteiger partial charge in [-0.05, 0) is 40.7 Å². The molecule has 0 spiro atoms. The van der Waals surface area contributed by atoms with Crippen LogP contribution in [0, 0.1) is 0 Å². The highest BCUT2D eigenvalue weighted by molar-refractivity contribution is 6.56. The summed E-state index contributed by atoms with van der Waals surface area (Å²) in [6, 6.07) is 0. The molecule has 0 aromatic heterocycles. The molecule has 1 fully saturated rings. The van der Waals surface area contributed by atoms with Crippen molar-refractivity contribution in [2.24, 2.45) is 4.99 Å². The fourth-order valence-electron chi connectivity index (χ4n) is 2.32. The van der Waals surface area contributed by atoms with Crippen molar-refractivity contribution in [1.82, 2.24) is 10.4 Å². The Hall–Kier alpha value is -1.18. The van der Waals surface area contributed by atoms with Crippen molar-refractivity contribution in [2.75, 3.05) is 0 Å². The second-order valence-electron chi connectivity index (χ2n) is 6.34. The van der Waals surface area contributed by atoms with Crippen LogP contribution in [-0.4, -0.2) is 35.3 Å². The van der Waals surface area contributed by atoms with Gasteiger partial charge >= 0.3 is 7.12 Å². The van der Waals surface area contributed by atoms with Crippen molar-refractivity contribution in [2.45, 2.75) is 52.0 Å². The standard InChI is InChI=1S/C13H19BFN3O2/c1-8-16-11-10(15)6-9(7-18(11)17-8)14-19-12(2,3)13(4,5)20-14/h6-8,17H,1-5H3. The molecule has 0 radical (unpaired) electrons. The van der Waals surface area contributed by atoms with Crippen LogP contribution in [0.4, 0.5) is 4.39 Å². The number of nitrogens with zero attached hydrogens (tertiary/aromatic N) is 2. The van der Waals surface area contributed by atoms with E-state index < -0.39 is 18.3 Å². The van der Waals surface area contributed by atoms with Crippen molar-refractivity contribution in [3.8, 4) is 0 Å². The van der Waals surface area contributed by atoms with Gasteiger partial charge in [0.05, 0.1) is 11.2 Å². The van der Waals surface area contributed by atoms with Gasteiger partial charge in [-0.2, -0.15) is 0 Å². The minimum absolute atomic E-state index is 0.141. The first-order valence-corrected chi connectivity index (χ1v) is 6.78. The summed E-state index contributed by atoms with van der Waals surface area (Å²) in [4.78, 5) is 4.17. The number of fused-ring (bicyclic) bond motifs is 1. The van der Waals surface area contributed by atoms with E-state index in [9.17, 15) is 4.39 Å². The quantitative estimate of drug-likeness (QED) is 0.745. The minimum atomic E-state index is -0.579. The normalized spacial score (nSPS) is 30.9. The van der Waals surface area contributed by atoms with Gasteiger partial charge in [-0.25, -0.2) is 14.8 Å². The molecule has 108 valence electrons. The Morgan fingerprint density at radius 2 is 1.90 bits per heavy atom. The van der Waals surface area contributed by atoms with E-state index in [2.05, 4.69) is 10.4 Å². The van der Waals surface area contributed by atoms with Crippen LogP contribution in [-0.2, 0) is 9.31 Å².